The molecule has 0 heterocycles. The topological polar surface area (TPSA) is 21.3 Å². The highest BCUT2D eigenvalue weighted by atomic mass is 19.1. The van der Waals surface area contributed by atoms with Crippen molar-refractivity contribution in [1.29, 1.82) is 0 Å². The zero-order valence-electron chi connectivity index (χ0n) is 12.6. The standard InChI is InChI=1S/C18H22FNO/c1-3-12-20-17(15-10-7-11-16(19)13-15)18(21-2)14-8-5-4-6-9-14/h4-11,13,17-18,20H,3,12H2,1-2H3. The summed E-state index contributed by atoms with van der Waals surface area (Å²) in [6.45, 7) is 2.97. The molecule has 0 amide bonds. The van der Waals surface area contributed by atoms with Gasteiger partial charge in [0.2, 0.25) is 0 Å². The van der Waals surface area contributed by atoms with Crippen LogP contribution in [0.15, 0.2) is 54.6 Å². The molecule has 2 unspecified atom stereocenters. The van der Waals surface area contributed by atoms with E-state index in [-0.39, 0.29) is 18.0 Å². The maximum atomic E-state index is 13.6. The van der Waals surface area contributed by atoms with Crippen LogP contribution < -0.4 is 5.32 Å². The summed E-state index contributed by atoms with van der Waals surface area (Å²) in [7, 11) is 1.69. The molecule has 1 N–H and O–H groups in total. The monoisotopic (exact) mass is 287 g/mol. The molecule has 0 aliphatic carbocycles. The first kappa shape index (κ1) is 15.7. The molecule has 112 valence electrons. The molecule has 2 aromatic carbocycles. The fourth-order valence-electron chi connectivity index (χ4n) is 2.51. The fourth-order valence-corrected chi connectivity index (χ4v) is 2.51. The molecule has 2 rings (SSSR count). The molecule has 2 nitrogen and oxygen atoms in total. The third-order valence-electron chi connectivity index (χ3n) is 3.51. The largest absolute Gasteiger partial charge is 0.375 e. The van der Waals surface area contributed by atoms with Gasteiger partial charge in [0.15, 0.2) is 0 Å². The third-order valence-corrected chi connectivity index (χ3v) is 3.51. The second-order valence-electron chi connectivity index (χ2n) is 5.05. The molecule has 0 saturated carbocycles. The number of halogens is 1. The van der Waals surface area contributed by atoms with E-state index in [0.29, 0.717) is 0 Å². The lowest BCUT2D eigenvalue weighted by atomic mass is 9.95. The lowest BCUT2D eigenvalue weighted by Crippen LogP contribution is -2.29. The van der Waals surface area contributed by atoms with Gasteiger partial charge < -0.3 is 10.1 Å². The molecule has 0 aromatic heterocycles. The number of ether oxygens (including phenoxy) is 1. The molecule has 2 atom stereocenters. The number of nitrogens with one attached hydrogen (secondary N) is 1. The summed E-state index contributed by atoms with van der Waals surface area (Å²) in [6, 6.07) is 16.7. The van der Waals surface area contributed by atoms with E-state index in [1.165, 1.54) is 6.07 Å². The minimum atomic E-state index is -0.223. The van der Waals surface area contributed by atoms with Gasteiger partial charge in [-0.15, -0.1) is 0 Å². The smallest absolute Gasteiger partial charge is 0.123 e. The number of benzene rings is 2. The van der Waals surface area contributed by atoms with Gasteiger partial charge in [-0.05, 0) is 36.2 Å². The molecule has 0 aliphatic heterocycles. The van der Waals surface area contributed by atoms with E-state index in [1.807, 2.05) is 36.4 Å². The van der Waals surface area contributed by atoms with Crippen LogP contribution in [0, 0.1) is 5.82 Å². The minimum absolute atomic E-state index is 0.0759. The van der Waals surface area contributed by atoms with E-state index in [0.717, 1.165) is 24.1 Å². The van der Waals surface area contributed by atoms with E-state index in [2.05, 4.69) is 12.2 Å². The molecule has 2 aromatic rings. The molecule has 0 saturated heterocycles. The van der Waals surface area contributed by atoms with Gasteiger partial charge in [0, 0.05) is 7.11 Å². The van der Waals surface area contributed by atoms with E-state index in [9.17, 15) is 4.39 Å². The van der Waals surface area contributed by atoms with Crippen LogP contribution >= 0.6 is 0 Å². The number of hydrogen-bond donors (Lipinski definition) is 1. The second kappa shape index (κ2) is 7.91. The van der Waals surface area contributed by atoms with Crippen molar-refractivity contribution in [2.45, 2.75) is 25.5 Å². The molecular weight excluding hydrogens is 265 g/mol. The van der Waals surface area contributed by atoms with Crippen LogP contribution in [0.3, 0.4) is 0 Å². The van der Waals surface area contributed by atoms with E-state index in [1.54, 1.807) is 19.2 Å². The molecule has 0 bridgehead atoms. The van der Waals surface area contributed by atoms with Crippen molar-refractivity contribution in [3.63, 3.8) is 0 Å². The van der Waals surface area contributed by atoms with E-state index >= 15 is 0 Å². The fraction of sp³-hybridized carbons (Fsp3) is 0.333. The van der Waals surface area contributed by atoms with Crippen LogP contribution in [0.4, 0.5) is 4.39 Å². The second-order valence-corrected chi connectivity index (χ2v) is 5.05. The van der Waals surface area contributed by atoms with Crippen LogP contribution in [0.1, 0.15) is 36.6 Å². The van der Waals surface area contributed by atoms with Crippen molar-refractivity contribution < 1.29 is 9.13 Å². The molecule has 0 fully saturated rings. The van der Waals surface area contributed by atoms with Gasteiger partial charge in [-0.2, -0.15) is 0 Å². The quantitative estimate of drug-likeness (QED) is 0.822. The Balaban J connectivity index is 2.33. The van der Waals surface area contributed by atoms with E-state index < -0.39 is 0 Å². The van der Waals surface area contributed by atoms with Gasteiger partial charge >= 0.3 is 0 Å². The van der Waals surface area contributed by atoms with Gasteiger partial charge in [0.25, 0.3) is 0 Å². The zero-order chi connectivity index (χ0) is 15.1. The Hall–Kier alpha value is -1.71. The maximum Gasteiger partial charge on any atom is 0.123 e. The summed E-state index contributed by atoms with van der Waals surface area (Å²) < 4.78 is 19.3. The van der Waals surface area contributed by atoms with Gasteiger partial charge in [0.05, 0.1) is 6.04 Å². The lowest BCUT2D eigenvalue weighted by Gasteiger charge is -2.28. The van der Waals surface area contributed by atoms with E-state index in [4.69, 9.17) is 4.74 Å². The van der Waals surface area contributed by atoms with Gasteiger partial charge in [-0.25, -0.2) is 4.39 Å². The molecule has 0 aliphatic rings. The zero-order valence-corrected chi connectivity index (χ0v) is 12.6. The molecule has 3 heteroatoms. The Labute approximate surface area is 126 Å². The first-order chi connectivity index (χ1) is 10.3. The first-order valence-corrected chi connectivity index (χ1v) is 7.33. The Morgan fingerprint density at radius 1 is 1.05 bits per heavy atom. The minimum Gasteiger partial charge on any atom is -0.375 e. The van der Waals surface area contributed by atoms with Gasteiger partial charge in [-0.3, -0.25) is 0 Å². The Morgan fingerprint density at radius 2 is 1.76 bits per heavy atom. The summed E-state index contributed by atoms with van der Waals surface area (Å²) in [5.41, 5.74) is 1.98. The number of methoxy groups -OCH3 is 1. The lowest BCUT2D eigenvalue weighted by molar-refractivity contribution is 0.0675. The maximum absolute atomic E-state index is 13.6. The van der Waals surface area contributed by atoms with Crippen LogP contribution in [0.25, 0.3) is 0 Å². The highest BCUT2D eigenvalue weighted by molar-refractivity contribution is 5.27. The number of rotatable bonds is 7. The number of hydrogen-bond acceptors (Lipinski definition) is 2. The Kier molecular flexibility index (Phi) is 5.90. The SMILES string of the molecule is CCCNC(c1cccc(F)c1)C(OC)c1ccccc1. The third kappa shape index (κ3) is 4.13. The molecule has 0 radical (unpaired) electrons. The molecular formula is C18H22FNO. The molecule has 21 heavy (non-hydrogen) atoms. The summed E-state index contributed by atoms with van der Waals surface area (Å²) in [4.78, 5) is 0. The van der Waals surface area contributed by atoms with Crippen molar-refractivity contribution in [3.8, 4) is 0 Å². The van der Waals surface area contributed by atoms with Crippen LogP contribution in [0.5, 0.6) is 0 Å². The van der Waals surface area contributed by atoms with Gasteiger partial charge in [-0.1, -0.05) is 49.4 Å². The summed E-state index contributed by atoms with van der Waals surface area (Å²) in [5, 5.41) is 3.47. The average molecular weight is 287 g/mol. The average Bonchev–Trinajstić information content (AvgIpc) is 2.52. The molecule has 0 spiro atoms. The van der Waals surface area contributed by atoms with Crippen molar-refractivity contribution >= 4 is 0 Å². The van der Waals surface area contributed by atoms with Crippen molar-refractivity contribution in [2.75, 3.05) is 13.7 Å². The van der Waals surface area contributed by atoms with Crippen molar-refractivity contribution in [1.82, 2.24) is 5.32 Å². The van der Waals surface area contributed by atoms with Crippen LogP contribution in [0.2, 0.25) is 0 Å². The summed E-state index contributed by atoms with van der Waals surface area (Å²) >= 11 is 0. The normalized spacial score (nSPS) is 13.9. The highest BCUT2D eigenvalue weighted by Crippen LogP contribution is 2.31. The predicted molar refractivity (Wildman–Crippen MR) is 83.6 cm³/mol. The van der Waals surface area contributed by atoms with Gasteiger partial charge in [0.1, 0.15) is 11.9 Å². The Morgan fingerprint density at radius 3 is 2.38 bits per heavy atom. The first-order valence-electron chi connectivity index (χ1n) is 7.33. The Bertz CT molecular complexity index is 544. The van der Waals surface area contributed by atoms with Crippen molar-refractivity contribution in [3.05, 3.63) is 71.5 Å². The predicted octanol–water partition coefficient (Wildman–Crippen LogP) is 4.25. The highest BCUT2D eigenvalue weighted by Gasteiger charge is 2.24. The van der Waals surface area contributed by atoms with Crippen molar-refractivity contribution in [2.24, 2.45) is 0 Å². The van der Waals surface area contributed by atoms with Crippen LogP contribution in [-0.4, -0.2) is 13.7 Å². The van der Waals surface area contributed by atoms with Crippen LogP contribution in [-0.2, 0) is 4.74 Å². The summed E-state index contributed by atoms with van der Waals surface area (Å²) in [6.07, 6.45) is 0.858. The summed E-state index contributed by atoms with van der Waals surface area (Å²) in [5.74, 6) is -0.223.